The summed E-state index contributed by atoms with van der Waals surface area (Å²) in [5.41, 5.74) is 0.360. The zero-order chi connectivity index (χ0) is 13.9. The summed E-state index contributed by atoms with van der Waals surface area (Å²) in [6.45, 7) is 7.90. The minimum atomic E-state index is -3.79. The van der Waals surface area contributed by atoms with Gasteiger partial charge in [-0.1, -0.05) is 6.92 Å². The maximum absolute atomic E-state index is 11.5. The zero-order valence-corrected chi connectivity index (χ0v) is 12.6. The lowest BCUT2D eigenvalue weighted by atomic mass is 10.3. The molecule has 18 heavy (non-hydrogen) atoms. The number of hydrogen-bond acceptors (Lipinski definition) is 4. The Hall–Kier alpha value is -0.590. The van der Waals surface area contributed by atoms with Crippen molar-refractivity contribution in [3.63, 3.8) is 0 Å². The monoisotopic (exact) mass is 294 g/mol. The Balaban J connectivity index is 3.01. The van der Waals surface area contributed by atoms with Crippen molar-refractivity contribution in [2.24, 2.45) is 0 Å². The Bertz CT molecular complexity index is 496. The van der Waals surface area contributed by atoms with Crippen LogP contribution in [0.4, 0.5) is 0 Å². The molecule has 0 saturated carbocycles. The summed E-state index contributed by atoms with van der Waals surface area (Å²) >= 11 is 0. The fourth-order valence-electron chi connectivity index (χ4n) is 1.32. The van der Waals surface area contributed by atoms with Gasteiger partial charge in [-0.2, -0.15) is 5.10 Å². The molecule has 1 heterocycles. The summed E-state index contributed by atoms with van der Waals surface area (Å²) in [5.74, 6) is 0. The summed E-state index contributed by atoms with van der Waals surface area (Å²) in [6, 6.07) is 0.0690. The van der Waals surface area contributed by atoms with E-state index in [1.54, 1.807) is 4.68 Å². The molecule has 1 atom stereocenters. The van der Waals surface area contributed by atoms with Gasteiger partial charge in [0.1, 0.15) is 10.6 Å². The third kappa shape index (κ3) is 3.96. The molecule has 0 aromatic carbocycles. The van der Waals surface area contributed by atoms with E-state index in [4.69, 9.17) is 15.4 Å². The molecule has 5 nitrogen and oxygen atoms in total. The second kappa shape index (κ2) is 6.04. The smallest absolute Gasteiger partial charge is 0.264 e. The zero-order valence-electron chi connectivity index (χ0n) is 11.1. The van der Waals surface area contributed by atoms with E-state index in [0.29, 0.717) is 5.69 Å². The Morgan fingerprint density at radius 2 is 2.06 bits per heavy atom. The molecule has 104 valence electrons. The van der Waals surface area contributed by atoms with Crippen LogP contribution in [0, 0.1) is 0 Å². The van der Waals surface area contributed by atoms with Crippen molar-refractivity contribution in [1.82, 2.24) is 9.78 Å². The molecule has 1 unspecified atom stereocenters. The number of hydrogen-bond donors (Lipinski definition) is 0. The normalized spacial score (nSPS) is 14.1. The largest absolute Gasteiger partial charge is 0.372 e. The minimum Gasteiger partial charge on any atom is -0.372 e. The summed E-state index contributed by atoms with van der Waals surface area (Å²) < 4.78 is 30.0. The second-order valence-electron chi connectivity index (χ2n) is 4.48. The van der Waals surface area contributed by atoms with Crippen molar-refractivity contribution in [2.75, 3.05) is 0 Å². The van der Waals surface area contributed by atoms with E-state index in [1.807, 2.05) is 27.7 Å². The average molecular weight is 295 g/mol. The number of aromatic nitrogens is 2. The molecule has 1 aromatic heterocycles. The molecule has 0 aliphatic rings. The highest BCUT2D eigenvalue weighted by molar-refractivity contribution is 8.13. The van der Waals surface area contributed by atoms with E-state index in [-0.39, 0.29) is 23.6 Å². The first kappa shape index (κ1) is 15.5. The van der Waals surface area contributed by atoms with Crippen molar-refractivity contribution in [3.05, 3.63) is 11.9 Å². The Labute approximate surface area is 113 Å². The van der Waals surface area contributed by atoms with Crippen LogP contribution in [0.25, 0.3) is 0 Å². The van der Waals surface area contributed by atoms with Gasteiger partial charge in [0.05, 0.1) is 12.7 Å². The van der Waals surface area contributed by atoms with Gasteiger partial charge in [-0.05, 0) is 27.2 Å². The van der Waals surface area contributed by atoms with Crippen LogP contribution in [-0.4, -0.2) is 24.3 Å². The molecular formula is C11H19ClN2O3S. The van der Waals surface area contributed by atoms with E-state index < -0.39 is 9.05 Å². The summed E-state index contributed by atoms with van der Waals surface area (Å²) in [7, 11) is 1.60. The highest BCUT2D eigenvalue weighted by Gasteiger charge is 2.21. The van der Waals surface area contributed by atoms with Crippen LogP contribution in [0.1, 0.15) is 45.9 Å². The van der Waals surface area contributed by atoms with Crippen LogP contribution in [-0.2, 0) is 20.4 Å². The predicted molar refractivity (Wildman–Crippen MR) is 70.2 cm³/mol. The molecule has 0 aliphatic heterocycles. The molecular weight excluding hydrogens is 276 g/mol. The van der Waals surface area contributed by atoms with Gasteiger partial charge in [-0.3, -0.25) is 4.68 Å². The van der Waals surface area contributed by atoms with Crippen LogP contribution >= 0.6 is 10.7 Å². The average Bonchev–Trinajstić information content (AvgIpc) is 2.69. The minimum absolute atomic E-state index is 0.0289. The molecule has 0 fully saturated rings. The van der Waals surface area contributed by atoms with Crippen LogP contribution in [0.5, 0.6) is 0 Å². The molecule has 0 saturated heterocycles. The molecule has 0 spiro atoms. The van der Waals surface area contributed by atoms with Gasteiger partial charge < -0.3 is 4.74 Å². The van der Waals surface area contributed by atoms with E-state index >= 15 is 0 Å². The molecule has 0 amide bonds. The Kier molecular flexibility index (Phi) is 5.19. The summed E-state index contributed by atoms with van der Waals surface area (Å²) in [4.78, 5) is 0.0289. The number of ether oxygens (including phenoxy) is 1. The van der Waals surface area contributed by atoms with Gasteiger partial charge in [0, 0.05) is 22.9 Å². The van der Waals surface area contributed by atoms with E-state index in [2.05, 4.69) is 5.10 Å². The number of rotatable bonds is 6. The third-order valence-corrected chi connectivity index (χ3v) is 4.01. The fourth-order valence-corrected chi connectivity index (χ4v) is 2.32. The van der Waals surface area contributed by atoms with Crippen molar-refractivity contribution in [3.8, 4) is 0 Å². The highest BCUT2D eigenvalue weighted by atomic mass is 35.7. The first-order chi connectivity index (χ1) is 8.25. The predicted octanol–water partition coefficient (Wildman–Crippen LogP) is 2.71. The topological polar surface area (TPSA) is 61.2 Å². The molecule has 0 N–H and O–H groups in total. The maximum Gasteiger partial charge on any atom is 0.264 e. The SMILES string of the molecule is CCC(C)OCc1nn(C(C)C)cc1S(=O)(=O)Cl. The van der Waals surface area contributed by atoms with Gasteiger partial charge in [-0.15, -0.1) is 0 Å². The van der Waals surface area contributed by atoms with E-state index in [9.17, 15) is 8.42 Å². The van der Waals surface area contributed by atoms with Gasteiger partial charge >= 0.3 is 0 Å². The highest BCUT2D eigenvalue weighted by Crippen LogP contribution is 2.22. The standard InChI is InChI=1S/C11H19ClN2O3S/c1-5-9(4)17-7-10-11(18(12,15)16)6-14(13-10)8(2)3/h6,8-9H,5,7H2,1-4H3. The van der Waals surface area contributed by atoms with Gasteiger partial charge in [-0.25, -0.2) is 8.42 Å². The molecule has 0 radical (unpaired) electrons. The summed E-state index contributed by atoms with van der Waals surface area (Å²) in [6.07, 6.45) is 2.36. The van der Waals surface area contributed by atoms with Crippen LogP contribution in [0.2, 0.25) is 0 Å². The molecule has 0 bridgehead atoms. The van der Waals surface area contributed by atoms with E-state index in [1.165, 1.54) is 6.20 Å². The Morgan fingerprint density at radius 1 is 1.44 bits per heavy atom. The van der Waals surface area contributed by atoms with Crippen molar-refractivity contribution in [1.29, 1.82) is 0 Å². The van der Waals surface area contributed by atoms with Crippen molar-refractivity contribution < 1.29 is 13.2 Å². The summed E-state index contributed by atoms with van der Waals surface area (Å²) in [5, 5.41) is 4.21. The lowest BCUT2D eigenvalue weighted by Crippen LogP contribution is -2.08. The van der Waals surface area contributed by atoms with Gasteiger partial charge in [0.25, 0.3) is 9.05 Å². The van der Waals surface area contributed by atoms with Crippen LogP contribution < -0.4 is 0 Å². The maximum atomic E-state index is 11.5. The first-order valence-electron chi connectivity index (χ1n) is 5.90. The van der Waals surface area contributed by atoms with Crippen LogP contribution in [0.15, 0.2) is 11.1 Å². The fraction of sp³-hybridized carbons (Fsp3) is 0.727. The molecule has 0 aliphatic carbocycles. The molecule has 1 aromatic rings. The Morgan fingerprint density at radius 3 is 2.50 bits per heavy atom. The second-order valence-corrected chi connectivity index (χ2v) is 7.02. The quantitative estimate of drug-likeness (QED) is 0.757. The van der Waals surface area contributed by atoms with Crippen LogP contribution in [0.3, 0.4) is 0 Å². The van der Waals surface area contributed by atoms with Crippen molar-refractivity contribution >= 4 is 19.7 Å². The first-order valence-corrected chi connectivity index (χ1v) is 8.21. The van der Waals surface area contributed by atoms with Gasteiger partial charge in [0.15, 0.2) is 0 Å². The molecule has 7 heteroatoms. The van der Waals surface area contributed by atoms with Crippen molar-refractivity contribution in [2.45, 2.75) is 57.8 Å². The number of nitrogens with zero attached hydrogens (tertiary/aromatic N) is 2. The lowest BCUT2D eigenvalue weighted by molar-refractivity contribution is 0.0473. The van der Waals surface area contributed by atoms with E-state index in [0.717, 1.165) is 6.42 Å². The number of halogens is 1. The lowest BCUT2D eigenvalue weighted by Gasteiger charge is -2.09. The third-order valence-electron chi connectivity index (χ3n) is 2.64. The van der Waals surface area contributed by atoms with Gasteiger partial charge in [0.2, 0.25) is 0 Å². The molecule has 1 rings (SSSR count).